The molecule has 0 saturated carbocycles. The molecule has 1 fully saturated rings. The first-order valence-electron chi connectivity index (χ1n) is 7.68. The molecular weight excluding hydrogens is 426 g/mol. The van der Waals surface area contributed by atoms with E-state index in [1.165, 1.54) is 28.8 Å². The normalized spacial score (nSPS) is 16.3. The quantitative estimate of drug-likeness (QED) is 0.400. The maximum Gasteiger partial charge on any atom is 0.306 e. The van der Waals surface area contributed by atoms with E-state index in [4.69, 9.17) is 28.0 Å². The van der Waals surface area contributed by atoms with E-state index >= 15 is 0 Å². The Kier molecular flexibility index (Phi) is 5.62. The van der Waals surface area contributed by atoms with E-state index in [2.05, 4.69) is 0 Å². The number of anilines is 1. The first-order chi connectivity index (χ1) is 12.6. The van der Waals surface area contributed by atoms with E-state index < -0.39 is 10.1 Å². The predicted molar refractivity (Wildman–Crippen MR) is 114 cm³/mol. The molecule has 140 valence electrons. The fourth-order valence-corrected chi connectivity index (χ4v) is 4.49. The lowest BCUT2D eigenvalue weighted by atomic mass is 10.2. The van der Waals surface area contributed by atoms with Crippen molar-refractivity contribution >= 4 is 67.7 Å². The molecule has 0 bridgehead atoms. The summed E-state index contributed by atoms with van der Waals surface area (Å²) in [6.45, 7) is 1.94. The van der Waals surface area contributed by atoms with E-state index in [0.29, 0.717) is 14.8 Å². The van der Waals surface area contributed by atoms with Gasteiger partial charge in [0.1, 0.15) is 0 Å². The van der Waals surface area contributed by atoms with Gasteiger partial charge in [0, 0.05) is 0 Å². The Morgan fingerprint density at radius 2 is 1.96 bits per heavy atom. The molecule has 0 unspecified atom stereocenters. The van der Waals surface area contributed by atoms with Crippen LogP contribution in [0.15, 0.2) is 47.4 Å². The average Bonchev–Trinajstić information content (AvgIpc) is 2.83. The Hall–Kier alpha value is -1.87. The van der Waals surface area contributed by atoms with Crippen LogP contribution in [0.1, 0.15) is 11.1 Å². The third kappa shape index (κ3) is 4.70. The van der Waals surface area contributed by atoms with Crippen LogP contribution in [0.2, 0.25) is 5.02 Å². The average molecular weight is 440 g/mol. The number of carbonyl (C=O) groups excluding carboxylic acids is 1. The van der Waals surface area contributed by atoms with Gasteiger partial charge in [-0.2, -0.15) is 8.42 Å². The number of rotatable bonds is 4. The number of hydrogen-bond acceptors (Lipinski definition) is 6. The van der Waals surface area contributed by atoms with Crippen LogP contribution in [0.25, 0.3) is 6.08 Å². The van der Waals surface area contributed by atoms with Gasteiger partial charge in [0.15, 0.2) is 10.1 Å². The van der Waals surface area contributed by atoms with Crippen molar-refractivity contribution in [3.05, 3.63) is 63.5 Å². The summed E-state index contributed by atoms with van der Waals surface area (Å²) in [7, 11) is -3.67. The largest absolute Gasteiger partial charge is 0.381 e. The molecule has 2 aromatic carbocycles. The molecule has 1 saturated heterocycles. The summed E-state index contributed by atoms with van der Waals surface area (Å²) in [5, 5.41) is 0.128. The summed E-state index contributed by atoms with van der Waals surface area (Å²) >= 11 is 12.6. The van der Waals surface area contributed by atoms with Gasteiger partial charge in [0.05, 0.1) is 21.9 Å². The van der Waals surface area contributed by atoms with Crippen molar-refractivity contribution in [2.45, 2.75) is 6.92 Å². The molecule has 0 aliphatic carbocycles. The zero-order valence-corrected chi connectivity index (χ0v) is 17.5. The Balaban J connectivity index is 1.89. The van der Waals surface area contributed by atoms with Crippen molar-refractivity contribution in [3.63, 3.8) is 0 Å². The molecule has 0 aromatic heterocycles. The Morgan fingerprint density at radius 1 is 1.22 bits per heavy atom. The third-order valence-corrected chi connectivity index (χ3v) is 5.63. The van der Waals surface area contributed by atoms with E-state index in [0.717, 1.165) is 17.5 Å². The minimum atomic E-state index is -3.67. The number of nitrogens with zero attached hydrogens (tertiary/aromatic N) is 1. The van der Waals surface area contributed by atoms with Crippen LogP contribution < -0.4 is 9.08 Å². The van der Waals surface area contributed by atoms with Gasteiger partial charge in [0.2, 0.25) is 0 Å². The van der Waals surface area contributed by atoms with E-state index in [1.54, 1.807) is 12.1 Å². The smallest absolute Gasteiger partial charge is 0.306 e. The maximum absolute atomic E-state index is 12.8. The summed E-state index contributed by atoms with van der Waals surface area (Å²) in [6.07, 6.45) is 2.60. The minimum absolute atomic E-state index is 0.0311. The first kappa shape index (κ1) is 19.9. The minimum Gasteiger partial charge on any atom is -0.381 e. The molecule has 27 heavy (non-hydrogen) atoms. The lowest BCUT2D eigenvalue weighted by Gasteiger charge is -2.14. The van der Waals surface area contributed by atoms with Crippen LogP contribution in [-0.4, -0.2) is 24.9 Å². The van der Waals surface area contributed by atoms with Crippen molar-refractivity contribution in [3.8, 4) is 5.75 Å². The van der Waals surface area contributed by atoms with Gasteiger partial charge in [-0.3, -0.25) is 9.69 Å². The number of thiocarbonyl (C=S) groups is 1. The first-order valence-corrected chi connectivity index (χ1v) is 11.1. The van der Waals surface area contributed by atoms with Gasteiger partial charge in [-0.05, 0) is 48.4 Å². The highest BCUT2D eigenvalue weighted by atomic mass is 35.5. The van der Waals surface area contributed by atoms with Gasteiger partial charge in [0.25, 0.3) is 5.91 Å². The van der Waals surface area contributed by atoms with E-state index in [1.807, 2.05) is 31.2 Å². The molecule has 3 rings (SSSR count). The van der Waals surface area contributed by atoms with Crippen molar-refractivity contribution in [2.24, 2.45) is 0 Å². The predicted octanol–water partition coefficient (Wildman–Crippen LogP) is 4.39. The zero-order chi connectivity index (χ0) is 19.8. The van der Waals surface area contributed by atoms with Crippen LogP contribution >= 0.6 is 35.6 Å². The maximum atomic E-state index is 12.8. The molecule has 1 heterocycles. The Labute approximate surface area is 172 Å². The SMILES string of the molecule is Cc1cccc(N2C(=O)/C(=C/c3ccc(OS(C)(=O)=O)c(Cl)c3)SC2=S)c1. The third-order valence-electron chi connectivity index (χ3n) is 3.55. The molecule has 0 N–H and O–H groups in total. The number of hydrogen-bond donors (Lipinski definition) is 0. The highest BCUT2D eigenvalue weighted by molar-refractivity contribution is 8.27. The Morgan fingerprint density at radius 3 is 2.59 bits per heavy atom. The molecule has 1 aliphatic heterocycles. The molecule has 1 aliphatic rings. The molecular formula is C18H14ClNO4S3. The molecule has 9 heteroatoms. The van der Waals surface area contributed by atoms with Gasteiger partial charge < -0.3 is 4.18 Å². The van der Waals surface area contributed by atoms with Gasteiger partial charge in [-0.1, -0.05) is 53.8 Å². The summed E-state index contributed by atoms with van der Waals surface area (Å²) < 4.78 is 27.7. The molecule has 0 radical (unpaired) electrons. The highest BCUT2D eigenvalue weighted by Gasteiger charge is 2.33. The van der Waals surface area contributed by atoms with Gasteiger partial charge in [-0.15, -0.1) is 0 Å². The van der Waals surface area contributed by atoms with Crippen molar-refractivity contribution in [1.82, 2.24) is 0 Å². The number of aryl methyl sites for hydroxylation is 1. The number of benzene rings is 2. The zero-order valence-electron chi connectivity index (χ0n) is 14.3. The summed E-state index contributed by atoms with van der Waals surface area (Å²) in [5.41, 5.74) is 2.38. The molecule has 0 atom stereocenters. The Bertz CT molecular complexity index is 1080. The number of thioether (sulfide) groups is 1. The van der Waals surface area contributed by atoms with Crippen molar-refractivity contribution in [1.29, 1.82) is 0 Å². The molecule has 1 amide bonds. The molecule has 5 nitrogen and oxygen atoms in total. The summed E-state index contributed by atoms with van der Waals surface area (Å²) in [4.78, 5) is 14.7. The standard InChI is InChI=1S/C18H14ClNO4S3/c1-11-4-3-5-13(8-11)20-17(21)16(26-18(20)25)10-12-6-7-15(14(19)9-12)24-27(2,22)23/h3-10H,1-2H3/b16-10-. The monoisotopic (exact) mass is 439 g/mol. The summed E-state index contributed by atoms with van der Waals surface area (Å²) in [6, 6.07) is 12.1. The molecule has 0 spiro atoms. The van der Waals surface area contributed by atoms with Crippen LogP contribution in [-0.2, 0) is 14.9 Å². The van der Waals surface area contributed by atoms with Crippen molar-refractivity contribution in [2.75, 3.05) is 11.2 Å². The highest BCUT2D eigenvalue weighted by Crippen LogP contribution is 2.37. The fraction of sp³-hybridized carbons (Fsp3) is 0.111. The number of halogens is 1. The number of amides is 1. The lowest BCUT2D eigenvalue weighted by Crippen LogP contribution is -2.27. The van der Waals surface area contributed by atoms with E-state index in [9.17, 15) is 13.2 Å². The fourth-order valence-electron chi connectivity index (χ4n) is 2.45. The second-order valence-corrected chi connectivity index (χ2v) is 9.49. The van der Waals surface area contributed by atoms with E-state index in [-0.39, 0.29) is 16.7 Å². The van der Waals surface area contributed by atoms with Gasteiger partial charge in [-0.25, -0.2) is 0 Å². The van der Waals surface area contributed by atoms with Crippen LogP contribution in [0, 0.1) is 6.92 Å². The van der Waals surface area contributed by atoms with Crippen molar-refractivity contribution < 1.29 is 17.4 Å². The van der Waals surface area contributed by atoms with Crippen LogP contribution in [0.5, 0.6) is 5.75 Å². The topological polar surface area (TPSA) is 63.7 Å². The van der Waals surface area contributed by atoms with Crippen LogP contribution in [0.3, 0.4) is 0 Å². The lowest BCUT2D eigenvalue weighted by molar-refractivity contribution is -0.113. The molecule has 2 aromatic rings. The van der Waals surface area contributed by atoms with Gasteiger partial charge >= 0.3 is 10.1 Å². The van der Waals surface area contributed by atoms with Crippen LogP contribution in [0.4, 0.5) is 5.69 Å². The second kappa shape index (κ2) is 7.63. The number of carbonyl (C=O) groups is 1. The summed E-state index contributed by atoms with van der Waals surface area (Å²) in [5.74, 6) is -0.188. The second-order valence-electron chi connectivity index (χ2n) is 5.83.